The van der Waals surface area contributed by atoms with Gasteiger partial charge < -0.3 is 9.88 Å². The lowest BCUT2D eigenvalue weighted by Gasteiger charge is -2.16. The zero-order valence-corrected chi connectivity index (χ0v) is 9.98. The van der Waals surface area contributed by atoms with Crippen molar-refractivity contribution in [1.82, 2.24) is 19.9 Å². The Morgan fingerprint density at radius 2 is 2.35 bits per heavy atom. The second kappa shape index (κ2) is 4.97. The number of amides is 1. The Kier molecular flexibility index (Phi) is 3.39. The van der Waals surface area contributed by atoms with Gasteiger partial charge in [0.25, 0.3) is 5.91 Å². The first-order valence-electron chi connectivity index (χ1n) is 5.01. The molecule has 0 spiro atoms. The molecule has 0 aromatic carbocycles. The van der Waals surface area contributed by atoms with Crippen molar-refractivity contribution < 1.29 is 4.79 Å². The third kappa shape index (κ3) is 2.62. The van der Waals surface area contributed by atoms with E-state index in [9.17, 15) is 4.79 Å². The van der Waals surface area contributed by atoms with Crippen LogP contribution in [0.4, 0.5) is 0 Å². The van der Waals surface area contributed by atoms with Gasteiger partial charge in [-0.2, -0.15) is 0 Å². The van der Waals surface area contributed by atoms with Crippen molar-refractivity contribution in [3.05, 3.63) is 47.3 Å². The highest BCUT2D eigenvalue weighted by Gasteiger charge is 2.15. The van der Waals surface area contributed by atoms with Gasteiger partial charge in [0.2, 0.25) is 0 Å². The summed E-state index contributed by atoms with van der Waals surface area (Å²) in [5, 5.41) is 0.399. The number of hydrogen-bond acceptors (Lipinski definition) is 3. The van der Waals surface area contributed by atoms with Crippen LogP contribution in [0.2, 0.25) is 5.02 Å². The Balaban J connectivity index is 2.13. The van der Waals surface area contributed by atoms with Crippen LogP contribution in [0.1, 0.15) is 16.2 Å². The largest absolute Gasteiger partial charge is 0.347 e. The minimum Gasteiger partial charge on any atom is -0.347 e. The summed E-state index contributed by atoms with van der Waals surface area (Å²) in [6.45, 7) is 0.400. The normalized spacial score (nSPS) is 10.2. The maximum Gasteiger partial charge on any atom is 0.257 e. The molecule has 1 amide bonds. The minimum absolute atomic E-state index is 0.181. The highest BCUT2D eigenvalue weighted by Crippen LogP contribution is 2.15. The fourth-order valence-electron chi connectivity index (χ4n) is 1.42. The zero-order valence-electron chi connectivity index (χ0n) is 9.22. The molecule has 2 aromatic heterocycles. The summed E-state index contributed by atoms with van der Waals surface area (Å²) < 4.78 is 0. The quantitative estimate of drug-likeness (QED) is 0.902. The average molecular weight is 251 g/mol. The lowest BCUT2D eigenvalue weighted by molar-refractivity contribution is 0.0781. The maximum atomic E-state index is 12.1. The van der Waals surface area contributed by atoms with E-state index in [0.29, 0.717) is 17.1 Å². The molecule has 1 N–H and O–H groups in total. The predicted octanol–water partition coefficient (Wildman–Crippen LogP) is 1.73. The topological polar surface area (TPSA) is 61.9 Å². The van der Waals surface area contributed by atoms with Crippen LogP contribution in [-0.4, -0.2) is 32.8 Å². The molecule has 0 aliphatic rings. The fraction of sp³-hybridized carbons (Fsp3) is 0.182. The van der Waals surface area contributed by atoms with E-state index in [2.05, 4.69) is 15.0 Å². The molecular weight excluding hydrogens is 240 g/mol. The minimum atomic E-state index is -0.181. The summed E-state index contributed by atoms with van der Waals surface area (Å²) in [6.07, 6.45) is 6.37. The molecule has 0 unspecified atom stereocenters. The molecule has 2 aromatic rings. The Bertz CT molecular complexity index is 512. The van der Waals surface area contributed by atoms with Gasteiger partial charge in [-0.25, -0.2) is 4.98 Å². The van der Waals surface area contributed by atoms with Gasteiger partial charge in [0.05, 0.1) is 17.1 Å². The first-order chi connectivity index (χ1) is 8.18. The van der Waals surface area contributed by atoms with Gasteiger partial charge in [-0.05, 0) is 6.07 Å². The summed E-state index contributed by atoms with van der Waals surface area (Å²) in [7, 11) is 1.69. The van der Waals surface area contributed by atoms with E-state index >= 15 is 0 Å². The van der Waals surface area contributed by atoms with Crippen molar-refractivity contribution in [2.45, 2.75) is 6.54 Å². The van der Waals surface area contributed by atoms with Crippen LogP contribution < -0.4 is 0 Å². The molecule has 6 heteroatoms. The highest BCUT2D eigenvalue weighted by atomic mass is 35.5. The van der Waals surface area contributed by atoms with Crippen LogP contribution >= 0.6 is 11.6 Å². The van der Waals surface area contributed by atoms with Crippen molar-refractivity contribution in [1.29, 1.82) is 0 Å². The number of aromatic nitrogens is 3. The molecular formula is C11H11ClN4O. The van der Waals surface area contributed by atoms with E-state index in [0.717, 1.165) is 5.82 Å². The summed E-state index contributed by atoms with van der Waals surface area (Å²) in [6, 6.07) is 1.59. The Labute approximate surface area is 103 Å². The maximum absolute atomic E-state index is 12.1. The van der Waals surface area contributed by atoms with Crippen LogP contribution in [0.5, 0.6) is 0 Å². The number of hydrogen-bond donors (Lipinski definition) is 1. The molecule has 2 heterocycles. The molecule has 5 nitrogen and oxygen atoms in total. The highest BCUT2D eigenvalue weighted by molar-refractivity contribution is 6.33. The van der Waals surface area contributed by atoms with Crippen molar-refractivity contribution in [2.75, 3.05) is 7.05 Å². The zero-order chi connectivity index (χ0) is 12.3. The molecule has 0 bridgehead atoms. The molecule has 0 atom stereocenters. The Morgan fingerprint density at radius 1 is 1.53 bits per heavy atom. The molecule has 0 saturated carbocycles. The number of rotatable bonds is 3. The lowest BCUT2D eigenvalue weighted by Crippen LogP contribution is -2.27. The van der Waals surface area contributed by atoms with Crippen molar-refractivity contribution in [3.8, 4) is 0 Å². The van der Waals surface area contributed by atoms with Crippen LogP contribution in [0, 0.1) is 0 Å². The average Bonchev–Trinajstić information content (AvgIpc) is 2.81. The van der Waals surface area contributed by atoms with Crippen LogP contribution in [0.15, 0.2) is 30.9 Å². The standard InChI is InChI=1S/C11H11ClN4O/c1-16(7-10-14-4-5-15-10)11(17)8-6-13-3-2-9(8)12/h2-6H,7H2,1H3,(H,14,15). The molecule has 0 aliphatic carbocycles. The van der Waals surface area contributed by atoms with Gasteiger partial charge in [0.15, 0.2) is 0 Å². The number of imidazole rings is 1. The molecule has 0 saturated heterocycles. The van der Waals surface area contributed by atoms with Gasteiger partial charge in [-0.15, -0.1) is 0 Å². The van der Waals surface area contributed by atoms with Crippen LogP contribution in [0.3, 0.4) is 0 Å². The van der Waals surface area contributed by atoms with E-state index in [1.807, 2.05) is 0 Å². The first kappa shape index (κ1) is 11.6. The predicted molar refractivity (Wildman–Crippen MR) is 63.6 cm³/mol. The summed E-state index contributed by atoms with van der Waals surface area (Å²) in [5.74, 6) is 0.542. The molecule has 88 valence electrons. The number of nitrogens with one attached hydrogen (secondary N) is 1. The molecule has 17 heavy (non-hydrogen) atoms. The van der Waals surface area contributed by atoms with Crippen molar-refractivity contribution >= 4 is 17.5 Å². The van der Waals surface area contributed by atoms with Gasteiger partial charge in [0.1, 0.15) is 5.82 Å². The fourth-order valence-corrected chi connectivity index (χ4v) is 1.61. The van der Waals surface area contributed by atoms with Crippen LogP contribution in [-0.2, 0) is 6.54 Å². The molecule has 2 rings (SSSR count). The Morgan fingerprint density at radius 3 is 3.00 bits per heavy atom. The van der Waals surface area contributed by atoms with Crippen molar-refractivity contribution in [3.63, 3.8) is 0 Å². The number of halogens is 1. The smallest absolute Gasteiger partial charge is 0.257 e. The summed E-state index contributed by atoms with van der Waals surface area (Å²) in [4.78, 5) is 24.5. The Hall–Kier alpha value is -1.88. The SMILES string of the molecule is CN(Cc1ncc[nH]1)C(=O)c1cnccc1Cl. The molecule has 0 aliphatic heterocycles. The third-order valence-electron chi connectivity index (χ3n) is 2.29. The first-order valence-corrected chi connectivity index (χ1v) is 5.39. The van der Waals surface area contributed by atoms with Crippen LogP contribution in [0.25, 0.3) is 0 Å². The van der Waals surface area contributed by atoms with Gasteiger partial charge in [-0.3, -0.25) is 9.78 Å². The summed E-state index contributed by atoms with van der Waals surface area (Å²) >= 11 is 5.93. The second-order valence-corrected chi connectivity index (χ2v) is 3.96. The molecule has 0 radical (unpaired) electrons. The number of carbonyl (C=O) groups is 1. The van der Waals surface area contributed by atoms with Gasteiger partial charge in [0, 0.05) is 31.8 Å². The van der Waals surface area contributed by atoms with E-state index in [1.54, 1.807) is 31.7 Å². The number of aromatic amines is 1. The molecule has 0 fully saturated rings. The van der Waals surface area contributed by atoms with Crippen molar-refractivity contribution in [2.24, 2.45) is 0 Å². The van der Waals surface area contributed by atoms with E-state index in [-0.39, 0.29) is 5.91 Å². The van der Waals surface area contributed by atoms with E-state index < -0.39 is 0 Å². The number of carbonyl (C=O) groups excluding carboxylic acids is 1. The monoisotopic (exact) mass is 250 g/mol. The lowest BCUT2D eigenvalue weighted by atomic mass is 10.2. The van der Waals surface area contributed by atoms with Gasteiger partial charge in [-0.1, -0.05) is 11.6 Å². The number of H-pyrrole nitrogens is 1. The number of pyridine rings is 1. The second-order valence-electron chi connectivity index (χ2n) is 3.55. The number of nitrogens with zero attached hydrogens (tertiary/aromatic N) is 3. The van der Waals surface area contributed by atoms with Gasteiger partial charge >= 0.3 is 0 Å². The van der Waals surface area contributed by atoms with E-state index in [1.165, 1.54) is 11.1 Å². The third-order valence-corrected chi connectivity index (χ3v) is 2.62. The van der Waals surface area contributed by atoms with E-state index in [4.69, 9.17) is 11.6 Å². The summed E-state index contributed by atoms with van der Waals surface area (Å²) in [5.41, 5.74) is 0.392.